The zero-order chi connectivity index (χ0) is 21.6. The van der Waals surface area contributed by atoms with Gasteiger partial charge in [-0.1, -0.05) is 18.2 Å². The van der Waals surface area contributed by atoms with Crippen LogP contribution in [-0.2, 0) is 20.9 Å². The highest BCUT2D eigenvalue weighted by atomic mass is 19.1. The van der Waals surface area contributed by atoms with E-state index in [2.05, 4.69) is 4.90 Å². The summed E-state index contributed by atoms with van der Waals surface area (Å²) in [7, 11) is 0. The Balaban J connectivity index is 1.11. The van der Waals surface area contributed by atoms with E-state index in [4.69, 9.17) is 4.74 Å². The van der Waals surface area contributed by atoms with Gasteiger partial charge in [-0.2, -0.15) is 0 Å². The second kappa shape index (κ2) is 7.85. The SMILES string of the molecule is O=C(COC(=O)C12C[C@H]3C[C@@H](CC(O)(C3)C1)C2)N1CCN(Cc2ccccc2F)CC1. The van der Waals surface area contributed by atoms with Crippen LogP contribution in [-0.4, -0.2) is 65.2 Å². The van der Waals surface area contributed by atoms with Crippen LogP contribution in [0.1, 0.15) is 44.1 Å². The quantitative estimate of drug-likeness (QED) is 0.727. The Labute approximate surface area is 182 Å². The Morgan fingerprint density at radius 2 is 1.74 bits per heavy atom. The van der Waals surface area contributed by atoms with E-state index >= 15 is 0 Å². The molecule has 4 saturated carbocycles. The molecular formula is C24H31FN2O4. The maximum atomic E-state index is 13.9. The standard InChI is InChI=1S/C24H31FN2O4/c25-20-4-2-1-3-19(20)14-26-5-7-27(8-6-26)21(28)15-31-22(29)23-10-17-9-18(11-23)13-24(30,12-17)16-23/h1-4,17-18,30H,5-16H2/t17-,18-,23?,24?/m1/s1. The van der Waals surface area contributed by atoms with Gasteiger partial charge in [0, 0.05) is 38.3 Å². The topological polar surface area (TPSA) is 70.1 Å². The zero-order valence-corrected chi connectivity index (χ0v) is 17.9. The van der Waals surface area contributed by atoms with Crippen LogP contribution in [0.2, 0.25) is 0 Å². The number of esters is 1. The number of hydrogen-bond donors (Lipinski definition) is 1. The van der Waals surface area contributed by atoms with Gasteiger partial charge in [-0.3, -0.25) is 14.5 Å². The average Bonchev–Trinajstić information content (AvgIpc) is 2.72. The Kier molecular flexibility index (Phi) is 5.29. The number of amides is 1. The van der Waals surface area contributed by atoms with Crippen LogP contribution in [0.5, 0.6) is 0 Å². The first-order valence-electron chi connectivity index (χ1n) is 11.5. The summed E-state index contributed by atoms with van der Waals surface area (Å²) in [5, 5.41) is 10.8. The number of ether oxygens (including phenoxy) is 1. The van der Waals surface area contributed by atoms with Crippen molar-refractivity contribution in [2.45, 2.75) is 50.7 Å². The first-order valence-corrected chi connectivity index (χ1v) is 11.5. The van der Waals surface area contributed by atoms with Gasteiger partial charge in [0.25, 0.3) is 5.91 Å². The van der Waals surface area contributed by atoms with Gasteiger partial charge in [0.1, 0.15) is 5.82 Å². The van der Waals surface area contributed by atoms with Crippen molar-refractivity contribution in [3.63, 3.8) is 0 Å². The van der Waals surface area contributed by atoms with Crippen molar-refractivity contribution in [1.82, 2.24) is 9.80 Å². The minimum absolute atomic E-state index is 0.178. The van der Waals surface area contributed by atoms with Crippen LogP contribution < -0.4 is 0 Å². The second-order valence-corrected chi connectivity index (χ2v) is 10.3. The lowest BCUT2D eigenvalue weighted by Gasteiger charge is -2.58. The molecule has 4 bridgehead atoms. The molecule has 168 valence electrons. The van der Waals surface area contributed by atoms with Crippen LogP contribution in [0.25, 0.3) is 0 Å². The smallest absolute Gasteiger partial charge is 0.312 e. The fourth-order valence-electron chi connectivity index (χ4n) is 6.85. The van der Waals surface area contributed by atoms with Gasteiger partial charge in [0.2, 0.25) is 0 Å². The lowest BCUT2D eigenvalue weighted by atomic mass is 9.48. The predicted molar refractivity (Wildman–Crippen MR) is 111 cm³/mol. The fraction of sp³-hybridized carbons (Fsp3) is 0.667. The van der Waals surface area contributed by atoms with Gasteiger partial charge >= 0.3 is 5.97 Å². The maximum Gasteiger partial charge on any atom is 0.312 e. The molecule has 1 aromatic rings. The van der Waals surface area contributed by atoms with E-state index in [9.17, 15) is 19.1 Å². The Morgan fingerprint density at radius 3 is 2.39 bits per heavy atom. The molecule has 1 saturated heterocycles. The number of piperazine rings is 1. The minimum atomic E-state index is -0.721. The third-order valence-corrected chi connectivity index (χ3v) is 7.87. The monoisotopic (exact) mass is 430 g/mol. The first kappa shape index (κ1) is 20.9. The third kappa shape index (κ3) is 4.10. The zero-order valence-electron chi connectivity index (χ0n) is 17.9. The third-order valence-electron chi connectivity index (χ3n) is 7.87. The highest BCUT2D eigenvalue weighted by Gasteiger charge is 2.61. The highest BCUT2D eigenvalue weighted by Crippen LogP contribution is 2.61. The van der Waals surface area contributed by atoms with Crippen LogP contribution in [0.4, 0.5) is 4.39 Å². The molecule has 0 aromatic heterocycles. The lowest BCUT2D eigenvalue weighted by Crippen LogP contribution is -2.58. The van der Waals surface area contributed by atoms with E-state index in [0.717, 1.165) is 32.1 Å². The van der Waals surface area contributed by atoms with Crippen molar-refractivity contribution in [2.75, 3.05) is 32.8 Å². The molecule has 4 aliphatic carbocycles. The van der Waals surface area contributed by atoms with Crippen molar-refractivity contribution in [1.29, 1.82) is 0 Å². The van der Waals surface area contributed by atoms with Gasteiger partial charge in [0.05, 0.1) is 11.0 Å². The Bertz CT molecular complexity index is 853. The Morgan fingerprint density at radius 1 is 1.06 bits per heavy atom. The summed E-state index contributed by atoms with van der Waals surface area (Å²) in [4.78, 5) is 29.4. The van der Waals surface area contributed by atoms with Crippen LogP contribution >= 0.6 is 0 Å². The molecule has 1 aliphatic heterocycles. The van der Waals surface area contributed by atoms with Gasteiger partial charge in [-0.05, 0) is 56.4 Å². The normalized spacial score (nSPS) is 34.7. The molecule has 0 unspecified atom stereocenters. The van der Waals surface area contributed by atoms with Crippen molar-refractivity contribution in [3.05, 3.63) is 35.6 Å². The summed E-state index contributed by atoms with van der Waals surface area (Å²) in [6.45, 7) is 2.70. The van der Waals surface area contributed by atoms with E-state index in [-0.39, 0.29) is 24.3 Å². The largest absolute Gasteiger partial charge is 0.455 e. The van der Waals surface area contributed by atoms with Crippen molar-refractivity contribution >= 4 is 11.9 Å². The molecule has 2 atom stereocenters. The molecular weight excluding hydrogens is 399 g/mol. The number of carbonyl (C=O) groups is 2. The lowest BCUT2D eigenvalue weighted by molar-refractivity contribution is -0.197. The molecule has 1 aromatic carbocycles. The number of hydrogen-bond acceptors (Lipinski definition) is 5. The van der Waals surface area contributed by atoms with Crippen molar-refractivity contribution in [3.8, 4) is 0 Å². The van der Waals surface area contributed by atoms with Crippen LogP contribution in [0.3, 0.4) is 0 Å². The summed E-state index contributed by atoms with van der Waals surface area (Å²) >= 11 is 0. The van der Waals surface area contributed by atoms with Crippen molar-refractivity contribution in [2.24, 2.45) is 17.3 Å². The van der Waals surface area contributed by atoms with E-state index in [1.807, 2.05) is 6.07 Å². The predicted octanol–water partition coefficient (Wildman–Crippen LogP) is 2.34. The average molecular weight is 431 g/mol. The van der Waals surface area contributed by atoms with Crippen LogP contribution in [0, 0.1) is 23.1 Å². The van der Waals surface area contributed by atoms with Crippen molar-refractivity contribution < 1.29 is 23.8 Å². The van der Waals surface area contributed by atoms with Gasteiger partial charge < -0.3 is 14.7 Å². The number of halogens is 1. The maximum absolute atomic E-state index is 13.9. The van der Waals surface area contributed by atoms with Gasteiger partial charge in [-0.25, -0.2) is 4.39 Å². The molecule has 6 rings (SSSR count). The summed E-state index contributed by atoms with van der Waals surface area (Å²) in [5.41, 5.74) is -0.660. The van der Waals surface area contributed by atoms with Gasteiger partial charge in [-0.15, -0.1) is 0 Å². The number of carbonyl (C=O) groups excluding carboxylic acids is 2. The number of rotatable bonds is 5. The van der Waals surface area contributed by atoms with E-state index in [0.29, 0.717) is 56.5 Å². The molecule has 1 heterocycles. The van der Waals surface area contributed by atoms with Crippen LogP contribution in [0.15, 0.2) is 24.3 Å². The summed E-state index contributed by atoms with van der Waals surface area (Å²) in [6.07, 6.45) is 4.76. The molecule has 5 aliphatic rings. The Hall–Kier alpha value is -1.99. The fourth-order valence-corrected chi connectivity index (χ4v) is 6.85. The second-order valence-electron chi connectivity index (χ2n) is 10.3. The van der Waals surface area contributed by atoms with Gasteiger partial charge in [0.15, 0.2) is 6.61 Å². The van der Waals surface area contributed by atoms with E-state index in [1.165, 1.54) is 6.07 Å². The first-order chi connectivity index (χ1) is 14.8. The van der Waals surface area contributed by atoms with E-state index < -0.39 is 11.0 Å². The minimum Gasteiger partial charge on any atom is -0.455 e. The molecule has 0 radical (unpaired) electrons. The summed E-state index contributed by atoms with van der Waals surface area (Å²) in [6, 6.07) is 6.76. The molecule has 0 spiro atoms. The molecule has 7 heteroatoms. The molecule has 6 nitrogen and oxygen atoms in total. The molecule has 5 fully saturated rings. The highest BCUT2D eigenvalue weighted by molar-refractivity contribution is 5.83. The molecule has 1 N–H and O–H groups in total. The number of nitrogens with zero attached hydrogens (tertiary/aromatic N) is 2. The summed E-state index contributed by atoms with van der Waals surface area (Å²) in [5.74, 6) is 0.116. The molecule has 31 heavy (non-hydrogen) atoms. The number of aliphatic hydroxyl groups is 1. The molecule has 1 amide bonds. The van der Waals surface area contributed by atoms with E-state index in [1.54, 1.807) is 17.0 Å². The summed E-state index contributed by atoms with van der Waals surface area (Å²) < 4.78 is 19.4. The number of benzene rings is 1.